The molecule has 2 N–H and O–H groups in total. The molecular weight excluding hydrogens is 278 g/mol. The average molecular weight is 293 g/mol. The number of amides is 1. The summed E-state index contributed by atoms with van der Waals surface area (Å²) in [5.41, 5.74) is 2.01. The van der Waals surface area contributed by atoms with Crippen LogP contribution >= 0.6 is 0 Å². The molecule has 0 aliphatic heterocycles. The molecule has 0 saturated heterocycles. The number of rotatable bonds is 3. The van der Waals surface area contributed by atoms with Gasteiger partial charge >= 0.3 is 0 Å². The second kappa shape index (κ2) is 5.81. The number of nitrogens with one attached hydrogen (secondary N) is 2. The van der Waals surface area contributed by atoms with Gasteiger partial charge in [0, 0.05) is 23.1 Å². The van der Waals surface area contributed by atoms with Crippen molar-refractivity contribution < 1.29 is 4.79 Å². The van der Waals surface area contributed by atoms with E-state index in [2.05, 4.69) is 15.5 Å². The van der Waals surface area contributed by atoms with E-state index in [0.717, 1.165) is 10.9 Å². The lowest BCUT2D eigenvalue weighted by Crippen LogP contribution is -2.10. The van der Waals surface area contributed by atoms with Crippen LogP contribution in [-0.4, -0.2) is 16.1 Å². The second-order valence-corrected chi connectivity index (χ2v) is 4.93. The number of fused-ring (bicyclic) bond motifs is 1. The van der Waals surface area contributed by atoms with E-state index in [9.17, 15) is 9.59 Å². The summed E-state index contributed by atoms with van der Waals surface area (Å²) in [5.74, 6) is -0.0450. The third kappa shape index (κ3) is 2.61. The Morgan fingerprint density at radius 1 is 1.14 bits per heavy atom. The highest BCUT2D eigenvalue weighted by Crippen LogP contribution is 2.26. The van der Waals surface area contributed by atoms with E-state index in [1.54, 1.807) is 13.0 Å². The maximum Gasteiger partial charge on any atom is 0.272 e. The van der Waals surface area contributed by atoms with Gasteiger partial charge in [-0.2, -0.15) is 5.10 Å². The first kappa shape index (κ1) is 14.0. The quantitative estimate of drug-likeness (QED) is 0.779. The van der Waals surface area contributed by atoms with Gasteiger partial charge in [-0.15, -0.1) is 0 Å². The Morgan fingerprint density at radius 2 is 1.91 bits per heavy atom. The van der Waals surface area contributed by atoms with E-state index in [0.29, 0.717) is 23.2 Å². The fraction of sp³-hybridized carbons (Fsp3) is 0.118. The van der Waals surface area contributed by atoms with E-state index < -0.39 is 0 Å². The van der Waals surface area contributed by atoms with Crippen LogP contribution in [0.25, 0.3) is 22.0 Å². The van der Waals surface area contributed by atoms with Crippen molar-refractivity contribution >= 4 is 22.4 Å². The highest BCUT2D eigenvalue weighted by molar-refractivity contribution is 5.95. The number of aromatic amines is 1. The zero-order chi connectivity index (χ0) is 15.5. The van der Waals surface area contributed by atoms with Crippen LogP contribution in [0.1, 0.15) is 13.3 Å². The molecule has 0 spiro atoms. The fourth-order valence-electron chi connectivity index (χ4n) is 2.33. The SMILES string of the molecule is CCC(=O)Nc1cccc(-c2n[nH]c(=O)c3ccccc23)c1. The summed E-state index contributed by atoms with van der Waals surface area (Å²) in [6, 6.07) is 14.7. The van der Waals surface area contributed by atoms with Crippen LogP contribution < -0.4 is 10.9 Å². The molecule has 1 amide bonds. The lowest BCUT2D eigenvalue weighted by atomic mass is 10.0. The molecule has 3 rings (SSSR count). The van der Waals surface area contributed by atoms with E-state index in [1.165, 1.54) is 0 Å². The minimum Gasteiger partial charge on any atom is -0.326 e. The Balaban J connectivity index is 2.12. The Kier molecular flexibility index (Phi) is 3.70. The molecule has 0 fully saturated rings. The summed E-state index contributed by atoms with van der Waals surface area (Å²) in [6.45, 7) is 1.80. The topological polar surface area (TPSA) is 74.8 Å². The molecule has 0 aliphatic carbocycles. The predicted octanol–water partition coefficient (Wildman–Crippen LogP) is 2.94. The van der Waals surface area contributed by atoms with Gasteiger partial charge in [-0.1, -0.05) is 37.3 Å². The minimum atomic E-state index is -0.213. The first-order valence-electron chi connectivity index (χ1n) is 7.06. The molecule has 110 valence electrons. The van der Waals surface area contributed by atoms with Gasteiger partial charge in [0.1, 0.15) is 0 Å². The van der Waals surface area contributed by atoms with Crippen molar-refractivity contribution in [3.05, 3.63) is 58.9 Å². The molecule has 0 bridgehead atoms. The van der Waals surface area contributed by atoms with Crippen molar-refractivity contribution in [2.75, 3.05) is 5.32 Å². The first-order valence-corrected chi connectivity index (χ1v) is 7.06. The average Bonchev–Trinajstić information content (AvgIpc) is 2.55. The molecule has 5 heteroatoms. The third-order valence-electron chi connectivity index (χ3n) is 3.44. The van der Waals surface area contributed by atoms with E-state index >= 15 is 0 Å². The van der Waals surface area contributed by atoms with Crippen molar-refractivity contribution in [2.24, 2.45) is 0 Å². The summed E-state index contributed by atoms with van der Waals surface area (Å²) in [6.07, 6.45) is 0.421. The highest BCUT2D eigenvalue weighted by Gasteiger charge is 2.09. The van der Waals surface area contributed by atoms with Gasteiger partial charge in [-0.05, 0) is 18.2 Å². The Labute approximate surface area is 127 Å². The fourth-order valence-corrected chi connectivity index (χ4v) is 2.33. The molecule has 0 saturated carbocycles. The minimum absolute atomic E-state index is 0.0450. The van der Waals surface area contributed by atoms with Crippen LogP contribution in [0.2, 0.25) is 0 Å². The molecule has 0 atom stereocenters. The number of H-pyrrole nitrogens is 1. The number of anilines is 1. The van der Waals surface area contributed by atoms with E-state index in [4.69, 9.17) is 0 Å². The molecule has 0 aliphatic rings. The van der Waals surface area contributed by atoms with Crippen LogP contribution in [0, 0.1) is 0 Å². The molecule has 1 heterocycles. The standard InChI is InChI=1S/C17H15N3O2/c1-2-15(21)18-12-7-5-6-11(10-12)16-13-8-3-4-9-14(13)17(22)20-19-16/h3-10H,2H2,1H3,(H,18,21)(H,20,22). The number of benzene rings is 2. The van der Waals surface area contributed by atoms with Crippen LogP contribution in [0.15, 0.2) is 53.3 Å². The Bertz CT molecular complexity index is 900. The van der Waals surface area contributed by atoms with Gasteiger partial charge in [0.25, 0.3) is 5.56 Å². The van der Waals surface area contributed by atoms with Crippen LogP contribution in [-0.2, 0) is 4.79 Å². The third-order valence-corrected chi connectivity index (χ3v) is 3.44. The van der Waals surface area contributed by atoms with Gasteiger partial charge in [-0.3, -0.25) is 9.59 Å². The van der Waals surface area contributed by atoms with Gasteiger partial charge in [0.15, 0.2) is 0 Å². The smallest absolute Gasteiger partial charge is 0.272 e. The Morgan fingerprint density at radius 3 is 2.68 bits per heavy atom. The molecule has 5 nitrogen and oxygen atoms in total. The molecule has 0 unspecified atom stereocenters. The number of aromatic nitrogens is 2. The second-order valence-electron chi connectivity index (χ2n) is 4.93. The zero-order valence-electron chi connectivity index (χ0n) is 12.1. The number of hydrogen-bond donors (Lipinski definition) is 2. The monoisotopic (exact) mass is 293 g/mol. The predicted molar refractivity (Wildman–Crippen MR) is 86.7 cm³/mol. The maximum atomic E-state index is 11.8. The normalized spacial score (nSPS) is 10.6. The van der Waals surface area contributed by atoms with Crippen molar-refractivity contribution in [1.29, 1.82) is 0 Å². The van der Waals surface area contributed by atoms with Crippen molar-refractivity contribution in [1.82, 2.24) is 10.2 Å². The summed E-state index contributed by atoms with van der Waals surface area (Å²) in [4.78, 5) is 23.4. The maximum absolute atomic E-state index is 11.8. The number of nitrogens with zero attached hydrogens (tertiary/aromatic N) is 1. The van der Waals surface area contributed by atoms with Gasteiger partial charge in [0.2, 0.25) is 5.91 Å². The molecule has 22 heavy (non-hydrogen) atoms. The molecule has 2 aromatic carbocycles. The lowest BCUT2D eigenvalue weighted by Gasteiger charge is -2.08. The van der Waals surface area contributed by atoms with Crippen molar-refractivity contribution in [3.63, 3.8) is 0 Å². The van der Waals surface area contributed by atoms with Gasteiger partial charge < -0.3 is 5.32 Å². The molecular formula is C17H15N3O2. The van der Waals surface area contributed by atoms with Gasteiger partial charge in [0.05, 0.1) is 11.1 Å². The zero-order valence-corrected chi connectivity index (χ0v) is 12.1. The largest absolute Gasteiger partial charge is 0.326 e. The molecule has 0 radical (unpaired) electrons. The van der Waals surface area contributed by atoms with Crippen molar-refractivity contribution in [2.45, 2.75) is 13.3 Å². The molecule has 3 aromatic rings. The lowest BCUT2D eigenvalue weighted by molar-refractivity contribution is -0.115. The van der Waals surface area contributed by atoms with E-state index in [1.807, 2.05) is 42.5 Å². The summed E-state index contributed by atoms with van der Waals surface area (Å²) in [7, 11) is 0. The first-order chi connectivity index (χ1) is 10.7. The highest BCUT2D eigenvalue weighted by atomic mass is 16.1. The molecule has 1 aromatic heterocycles. The van der Waals surface area contributed by atoms with Crippen LogP contribution in [0.3, 0.4) is 0 Å². The van der Waals surface area contributed by atoms with Gasteiger partial charge in [-0.25, -0.2) is 5.10 Å². The number of hydrogen-bond acceptors (Lipinski definition) is 3. The van der Waals surface area contributed by atoms with Crippen molar-refractivity contribution in [3.8, 4) is 11.3 Å². The van der Waals surface area contributed by atoms with Crippen LogP contribution in [0.4, 0.5) is 5.69 Å². The Hall–Kier alpha value is -2.95. The summed E-state index contributed by atoms with van der Waals surface area (Å²) < 4.78 is 0. The van der Waals surface area contributed by atoms with E-state index in [-0.39, 0.29) is 11.5 Å². The van der Waals surface area contributed by atoms with Crippen LogP contribution in [0.5, 0.6) is 0 Å². The summed E-state index contributed by atoms with van der Waals surface area (Å²) in [5, 5.41) is 10.9. The summed E-state index contributed by atoms with van der Waals surface area (Å²) >= 11 is 0. The number of carbonyl (C=O) groups excluding carboxylic acids is 1. The number of carbonyl (C=O) groups is 1.